The van der Waals surface area contributed by atoms with Crippen LogP contribution in [0.15, 0.2) is 24.3 Å². The molecular weight excluding hydrogens is 380 g/mol. The second-order valence-corrected chi connectivity index (χ2v) is 8.44. The first-order valence-electron chi connectivity index (χ1n) is 11.2. The molecule has 2 N–H and O–H groups in total. The smallest absolute Gasteiger partial charge is 0.319 e. The molecule has 0 aromatic heterocycles. The van der Waals surface area contributed by atoms with Crippen LogP contribution < -0.4 is 10.6 Å². The quantitative estimate of drug-likeness (QED) is 0.774. The number of hydrogen-bond donors (Lipinski definition) is 2. The zero-order valence-electron chi connectivity index (χ0n) is 18.2. The lowest BCUT2D eigenvalue weighted by Crippen LogP contribution is -2.51. The second kappa shape index (κ2) is 10.5. The lowest BCUT2D eigenvalue weighted by molar-refractivity contribution is -0.119. The fraction of sp³-hybridized carbons (Fsp3) is 0.609. The zero-order chi connectivity index (χ0) is 21.5. The van der Waals surface area contributed by atoms with E-state index >= 15 is 0 Å². The summed E-state index contributed by atoms with van der Waals surface area (Å²) in [4.78, 5) is 41.3. The Morgan fingerprint density at radius 2 is 1.70 bits per heavy atom. The average molecular weight is 415 g/mol. The van der Waals surface area contributed by atoms with Crippen molar-refractivity contribution in [2.45, 2.75) is 58.4 Å². The number of benzene rings is 1. The van der Waals surface area contributed by atoms with Crippen LogP contribution in [0.25, 0.3) is 0 Å². The lowest BCUT2D eigenvalue weighted by Gasteiger charge is -2.37. The molecule has 2 aliphatic heterocycles. The first kappa shape index (κ1) is 22.1. The maximum Gasteiger partial charge on any atom is 0.319 e. The van der Waals surface area contributed by atoms with Crippen molar-refractivity contribution in [2.75, 3.05) is 31.5 Å². The summed E-state index contributed by atoms with van der Waals surface area (Å²) in [6.07, 6.45) is 5.68. The number of likely N-dealkylation sites (tertiary alicyclic amines) is 2. The summed E-state index contributed by atoms with van der Waals surface area (Å²) in [7, 11) is 0. The minimum atomic E-state index is -0.143. The lowest BCUT2D eigenvalue weighted by atomic mass is 10.0. The van der Waals surface area contributed by atoms with Crippen LogP contribution in [0.1, 0.15) is 62.7 Å². The van der Waals surface area contributed by atoms with Gasteiger partial charge in [0.25, 0.3) is 5.91 Å². The van der Waals surface area contributed by atoms with E-state index < -0.39 is 0 Å². The SMILES string of the molecule is CCC(C)C(=O)Nc1cccc(C(=O)NC2CCN(C(=O)N3CCCCC3)CC2)c1. The van der Waals surface area contributed by atoms with E-state index in [0.29, 0.717) is 24.3 Å². The van der Waals surface area contributed by atoms with Gasteiger partial charge < -0.3 is 20.4 Å². The highest BCUT2D eigenvalue weighted by Gasteiger charge is 2.27. The molecule has 7 heteroatoms. The predicted octanol–water partition coefficient (Wildman–Crippen LogP) is 3.47. The molecule has 2 heterocycles. The molecule has 4 amide bonds. The third kappa shape index (κ3) is 5.74. The molecule has 0 radical (unpaired) electrons. The standard InChI is InChI=1S/C23H34N4O3/c1-3-17(2)21(28)25-20-9-7-8-18(16-20)22(29)24-19-10-14-27(15-11-19)23(30)26-12-5-4-6-13-26/h7-9,16-17,19H,3-6,10-15H2,1-2H3,(H,24,29)(H,25,28). The van der Waals surface area contributed by atoms with E-state index in [0.717, 1.165) is 45.2 Å². The van der Waals surface area contributed by atoms with Gasteiger partial charge in [-0.25, -0.2) is 4.79 Å². The number of carbonyl (C=O) groups excluding carboxylic acids is 3. The van der Waals surface area contributed by atoms with Crippen LogP contribution in [-0.4, -0.2) is 59.9 Å². The van der Waals surface area contributed by atoms with E-state index in [1.807, 2.05) is 23.6 Å². The van der Waals surface area contributed by atoms with E-state index in [1.165, 1.54) is 6.42 Å². The van der Waals surface area contributed by atoms with E-state index in [4.69, 9.17) is 0 Å². The summed E-state index contributed by atoms with van der Waals surface area (Å²) in [5, 5.41) is 5.96. The molecule has 2 fully saturated rings. The van der Waals surface area contributed by atoms with Gasteiger partial charge in [0, 0.05) is 49.4 Å². The monoisotopic (exact) mass is 414 g/mol. The number of nitrogens with zero attached hydrogens (tertiary/aromatic N) is 2. The second-order valence-electron chi connectivity index (χ2n) is 8.44. The molecule has 1 aromatic rings. The Balaban J connectivity index is 1.49. The Kier molecular flexibility index (Phi) is 7.71. The van der Waals surface area contributed by atoms with E-state index in [2.05, 4.69) is 10.6 Å². The summed E-state index contributed by atoms with van der Waals surface area (Å²) in [5.41, 5.74) is 1.17. The van der Waals surface area contributed by atoms with Crippen molar-refractivity contribution in [2.24, 2.45) is 5.92 Å². The average Bonchev–Trinajstić information content (AvgIpc) is 2.79. The van der Waals surface area contributed by atoms with Crippen LogP contribution in [0, 0.1) is 5.92 Å². The summed E-state index contributed by atoms with van der Waals surface area (Å²) >= 11 is 0. The number of carbonyl (C=O) groups is 3. The van der Waals surface area contributed by atoms with E-state index in [9.17, 15) is 14.4 Å². The number of nitrogens with one attached hydrogen (secondary N) is 2. The number of urea groups is 1. The summed E-state index contributed by atoms with van der Waals surface area (Å²) < 4.78 is 0. The minimum Gasteiger partial charge on any atom is -0.349 e. The fourth-order valence-corrected chi connectivity index (χ4v) is 3.96. The predicted molar refractivity (Wildman–Crippen MR) is 117 cm³/mol. The Morgan fingerprint density at radius 1 is 1.03 bits per heavy atom. The van der Waals surface area contributed by atoms with Crippen molar-refractivity contribution in [1.29, 1.82) is 0 Å². The fourth-order valence-electron chi connectivity index (χ4n) is 3.96. The Morgan fingerprint density at radius 3 is 2.37 bits per heavy atom. The maximum absolute atomic E-state index is 12.7. The van der Waals surface area contributed by atoms with Crippen LogP contribution in [0.4, 0.5) is 10.5 Å². The molecule has 0 bridgehead atoms. The molecule has 7 nitrogen and oxygen atoms in total. The Labute approximate surface area is 179 Å². The van der Waals surface area contributed by atoms with Crippen molar-refractivity contribution < 1.29 is 14.4 Å². The molecule has 1 unspecified atom stereocenters. The van der Waals surface area contributed by atoms with Gasteiger partial charge in [-0.1, -0.05) is 19.9 Å². The molecular formula is C23H34N4O3. The van der Waals surface area contributed by atoms with Crippen molar-refractivity contribution in [3.63, 3.8) is 0 Å². The van der Waals surface area contributed by atoms with Gasteiger partial charge in [-0.2, -0.15) is 0 Å². The molecule has 2 aliphatic rings. The maximum atomic E-state index is 12.7. The molecule has 164 valence electrons. The van der Waals surface area contributed by atoms with Gasteiger partial charge in [0.15, 0.2) is 0 Å². The molecule has 0 spiro atoms. The van der Waals surface area contributed by atoms with Gasteiger partial charge in [0.1, 0.15) is 0 Å². The van der Waals surface area contributed by atoms with Gasteiger partial charge in [-0.05, 0) is 56.7 Å². The molecule has 2 saturated heterocycles. The summed E-state index contributed by atoms with van der Waals surface area (Å²) in [6, 6.07) is 7.24. The molecule has 0 aliphatic carbocycles. The van der Waals surface area contributed by atoms with Crippen LogP contribution in [-0.2, 0) is 4.79 Å². The highest BCUT2D eigenvalue weighted by molar-refractivity contribution is 5.97. The third-order valence-electron chi connectivity index (χ3n) is 6.18. The van der Waals surface area contributed by atoms with Crippen LogP contribution in [0.5, 0.6) is 0 Å². The topological polar surface area (TPSA) is 81.8 Å². The van der Waals surface area contributed by atoms with Crippen LogP contribution >= 0.6 is 0 Å². The van der Waals surface area contributed by atoms with Crippen LogP contribution in [0.2, 0.25) is 0 Å². The summed E-state index contributed by atoms with van der Waals surface area (Å²) in [5.74, 6) is -0.253. The van der Waals surface area contributed by atoms with Crippen molar-refractivity contribution in [1.82, 2.24) is 15.1 Å². The molecule has 1 aromatic carbocycles. The van der Waals surface area contributed by atoms with Gasteiger partial charge in [-0.15, -0.1) is 0 Å². The largest absolute Gasteiger partial charge is 0.349 e. The number of rotatable bonds is 5. The number of hydrogen-bond acceptors (Lipinski definition) is 3. The van der Waals surface area contributed by atoms with E-state index in [1.54, 1.807) is 24.3 Å². The van der Waals surface area contributed by atoms with Crippen molar-refractivity contribution in [3.05, 3.63) is 29.8 Å². The zero-order valence-corrected chi connectivity index (χ0v) is 18.2. The number of piperidine rings is 2. The molecule has 1 atom stereocenters. The van der Waals surface area contributed by atoms with Gasteiger partial charge in [-0.3, -0.25) is 9.59 Å². The van der Waals surface area contributed by atoms with Gasteiger partial charge in [0.05, 0.1) is 0 Å². The highest BCUT2D eigenvalue weighted by atomic mass is 16.2. The van der Waals surface area contributed by atoms with Gasteiger partial charge >= 0.3 is 6.03 Å². The summed E-state index contributed by atoms with van der Waals surface area (Å²) in [6.45, 7) is 6.92. The van der Waals surface area contributed by atoms with Crippen molar-refractivity contribution in [3.8, 4) is 0 Å². The number of amides is 4. The Bertz CT molecular complexity index is 753. The van der Waals surface area contributed by atoms with Crippen LogP contribution in [0.3, 0.4) is 0 Å². The third-order valence-corrected chi connectivity index (χ3v) is 6.18. The van der Waals surface area contributed by atoms with E-state index in [-0.39, 0.29) is 29.8 Å². The first-order chi connectivity index (χ1) is 14.5. The van der Waals surface area contributed by atoms with Gasteiger partial charge in [0.2, 0.25) is 5.91 Å². The minimum absolute atomic E-state index is 0.0409. The first-order valence-corrected chi connectivity index (χ1v) is 11.2. The number of anilines is 1. The molecule has 0 saturated carbocycles. The Hall–Kier alpha value is -2.57. The molecule has 3 rings (SSSR count). The van der Waals surface area contributed by atoms with Crippen molar-refractivity contribution >= 4 is 23.5 Å². The molecule has 30 heavy (non-hydrogen) atoms. The normalized spacial score (nSPS) is 18.6. The highest BCUT2D eigenvalue weighted by Crippen LogP contribution is 2.18.